The normalized spacial score (nSPS) is 10.3. The molecule has 18 heavy (non-hydrogen) atoms. The maximum Gasteiger partial charge on any atom is 0.123 e. The maximum absolute atomic E-state index is 12.7. The smallest absolute Gasteiger partial charge is 0.123 e. The lowest BCUT2D eigenvalue weighted by Crippen LogP contribution is -2.05. The third kappa shape index (κ3) is 3.23. The Kier molecular flexibility index (Phi) is 3.82. The predicted octanol–water partition coefficient (Wildman–Crippen LogP) is 3.37. The monoisotopic (exact) mass is 244 g/mol. The van der Waals surface area contributed by atoms with Gasteiger partial charge < -0.3 is 11.1 Å². The molecule has 0 saturated carbocycles. The molecule has 0 spiro atoms. The predicted molar refractivity (Wildman–Crippen MR) is 74.2 cm³/mol. The number of halogens is 1. The summed E-state index contributed by atoms with van der Waals surface area (Å²) in [5.41, 5.74) is 9.82. The molecule has 0 radical (unpaired) electrons. The number of aryl methyl sites for hydroxylation is 1. The van der Waals surface area contributed by atoms with Crippen molar-refractivity contribution >= 4 is 11.4 Å². The van der Waals surface area contributed by atoms with Crippen LogP contribution < -0.4 is 11.1 Å². The lowest BCUT2D eigenvalue weighted by molar-refractivity contribution is 0.627. The van der Waals surface area contributed by atoms with Crippen LogP contribution in [0.4, 0.5) is 15.8 Å². The Morgan fingerprint density at radius 1 is 1.11 bits per heavy atom. The number of hydrogen-bond donors (Lipinski definition) is 2. The zero-order valence-corrected chi connectivity index (χ0v) is 10.4. The molecule has 3 heteroatoms. The summed E-state index contributed by atoms with van der Waals surface area (Å²) in [6, 6.07) is 12.5. The van der Waals surface area contributed by atoms with E-state index in [0.29, 0.717) is 0 Å². The fourth-order valence-corrected chi connectivity index (χ4v) is 1.79. The van der Waals surface area contributed by atoms with Crippen LogP contribution in [0.15, 0.2) is 42.5 Å². The molecule has 3 N–H and O–H groups in total. The Bertz CT molecular complexity index is 521. The lowest BCUT2D eigenvalue weighted by Gasteiger charge is -2.08. The largest absolute Gasteiger partial charge is 0.399 e. The second kappa shape index (κ2) is 5.54. The van der Waals surface area contributed by atoms with Gasteiger partial charge in [-0.1, -0.05) is 12.1 Å². The molecule has 2 nitrogen and oxygen atoms in total. The van der Waals surface area contributed by atoms with Gasteiger partial charge in [0.15, 0.2) is 0 Å². The topological polar surface area (TPSA) is 38.0 Å². The molecule has 2 aromatic rings. The van der Waals surface area contributed by atoms with Gasteiger partial charge in [-0.3, -0.25) is 0 Å². The van der Waals surface area contributed by atoms with Gasteiger partial charge in [0.1, 0.15) is 5.82 Å². The van der Waals surface area contributed by atoms with Crippen LogP contribution in [0.5, 0.6) is 0 Å². The molecule has 2 aromatic carbocycles. The lowest BCUT2D eigenvalue weighted by atomic mass is 10.1. The molecule has 0 amide bonds. The van der Waals surface area contributed by atoms with Gasteiger partial charge >= 0.3 is 0 Å². The van der Waals surface area contributed by atoms with Crippen LogP contribution in [0.3, 0.4) is 0 Å². The molecular weight excluding hydrogens is 227 g/mol. The summed E-state index contributed by atoms with van der Waals surface area (Å²) >= 11 is 0. The SMILES string of the molecule is Cc1cc(NCCc2ccc(F)cc2)ccc1N. The van der Waals surface area contributed by atoms with Crippen molar-refractivity contribution in [3.63, 3.8) is 0 Å². The van der Waals surface area contributed by atoms with Gasteiger partial charge in [-0.2, -0.15) is 0 Å². The van der Waals surface area contributed by atoms with E-state index in [0.717, 1.165) is 35.5 Å². The third-order valence-electron chi connectivity index (χ3n) is 2.93. The second-order valence-electron chi connectivity index (χ2n) is 4.37. The Hall–Kier alpha value is -2.03. The molecule has 2 rings (SSSR count). The molecule has 0 bridgehead atoms. The maximum atomic E-state index is 12.7. The van der Waals surface area contributed by atoms with Crippen molar-refractivity contribution in [3.05, 3.63) is 59.4 Å². The number of nitrogen functional groups attached to an aromatic ring is 1. The standard InChI is InChI=1S/C15H17FN2/c1-11-10-14(6-7-15(11)17)18-9-8-12-2-4-13(16)5-3-12/h2-7,10,18H,8-9,17H2,1H3. The summed E-state index contributed by atoms with van der Waals surface area (Å²) in [4.78, 5) is 0. The fourth-order valence-electron chi connectivity index (χ4n) is 1.79. The number of rotatable bonds is 4. The van der Waals surface area contributed by atoms with E-state index < -0.39 is 0 Å². The molecule has 94 valence electrons. The van der Waals surface area contributed by atoms with Gasteiger partial charge in [0, 0.05) is 17.9 Å². The Balaban J connectivity index is 1.88. The van der Waals surface area contributed by atoms with Crippen molar-refractivity contribution in [1.29, 1.82) is 0 Å². The van der Waals surface area contributed by atoms with E-state index in [2.05, 4.69) is 5.32 Å². The quantitative estimate of drug-likeness (QED) is 0.809. The Labute approximate surface area is 107 Å². The van der Waals surface area contributed by atoms with E-state index in [1.165, 1.54) is 12.1 Å². The van der Waals surface area contributed by atoms with Crippen LogP contribution in [0.1, 0.15) is 11.1 Å². The first-order chi connectivity index (χ1) is 8.65. The van der Waals surface area contributed by atoms with Crippen molar-refractivity contribution in [2.45, 2.75) is 13.3 Å². The summed E-state index contributed by atoms with van der Waals surface area (Å²) in [6.07, 6.45) is 0.865. The van der Waals surface area contributed by atoms with E-state index in [9.17, 15) is 4.39 Å². The van der Waals surface area contributed by atoms with Crippen molar-refractivity contribution < 1.29 is 4.39 Å². The molecule has 0 saturated heterocycles. The van der Waals surface area contributed by atoms with E-state index in [-0.39, 0.29) is 5.82 Å². The van der Waals surface area contributed by atoms with Gasteiger partial charge in [-0.05, 0) is 54.8 Å². The van der Waals surface area contributed by atoms with Gasteiger partial charge in [0.05, 0.1) is 0 Å². The number of benzene rings is 2. The van der Waals surface area contributed by atoms with Gasteiger partial charge in [-0.25, -0.2) is 4.39 Å². The zero-order chi connectivity index (χ0) is 13.0. The number of hydrogen-bond acceptors (Lipinski definition) is 2. The highest BCUT2D eigenvalue weighted by atomic mass is 19.1. The summed E-state index contributed by atoms with van der Waals surface area (Å²) < 4.78 is 12.7. The summed E-state index contributed by atoms with van der Waals surface area (Å²) in [6.45, 7) is 2.80. The molecule has 0 aliphatic carbocycles. The van der Waals surface area contributed by atoms with Gasteiger partial charge in [0.25, 0.3) is 0 Å². The van der Waals surface area contributed by atoms with Crippen LogP contribution in [-0.2, 0) is 6.42 Å². The molecule has 0 heterocycles. The van der Waals surface area contributed by atoms with Gasteiger partial charge in [0.2, 0.25) is 0 Å². The van der Waals surface area contributed by atoms with Crippen LogP contribution in [0.25, 0.3) is 0 Å². The second-order valence-corrected chi connectivity index (χ2v) is 4.37. The van der Waals surface area contributed by atoms with Crippen LogP contribution in [-0.4, -0.2) is 6.54 Å². The Morgan fingerprint density at radius 2 is 1.83 bits per heavy atom. The minimum absolute atomic E-state index is 0.194. The fraction of sp³-hybridized carbons (Fsp3) is 0.200. The molecule has 0 aliphatic heterocycles. The highest BCUT2D eigenvalue weighted by Gasteiger charge is 1.97. The van der Waals surface area contributed by atoms with Crippen molar-refractivity contribution in [2.24, 2.45) is 0 Å². The van der Waals surface area contributed by atoms with E-state index >= 15 is 0 Å². The van der Waals surface area contributed by atoms with Crippen LogP contribution in [0, 0.1) is 12.7 Å². The average molecular weight is 244 g/mol. The van der Waals surface area contributed by atoms with Crippen molar-refractivity contribution in [2.75, 3.05) is 17.6 Å². The number of anilines is 2. The summed E-state index contributed by atoms with van der Waals surface area (Å²) in [5.74, 6) is -0.194. The molecule has 0 aromatic heterocycles. The number of nitrogens with one attached hydrogen (secondary N) is 1. The van der Waals surface area contributed by atoms with E-state index in [4.69, 9.17) is 5.73 Å². The minimum atomic E-state index is -0.194. The number of nitrogens with two attached hydrogens (primary N) is 1. The average Bonchev–Trinajstić information content (AvgIpc) is 2.36. The third-order valence-corrected chi connectivity index (χ3v) is 2.93. The summed E-state index contributed by atoms with van der Waals surface area (Å²) in [5, 5.41) is 3.33. The molecule has 0 atom stereocenters. The van der Waals surface area contributed by atoms with E-state index in [1.54, 1.807) is 0 Å². The molecule has 0 unspecified atom stereocenters. The van der Waals surface area contributed by atoms with Crippen LogP contribution >= 0.6 is 0 Å². The molecule has 0 aliphatic rings. The zero-order valence-electron chi connectivity index (χ0n) is 10.4. The summed E-state index contributed by atoms with van der Waals surface area (Å²) in [7, 11) is 0. The first kappa shape index (κ1) is 12.4. The molecule has 0 fully saturated rings. The first-order valence-electron chi connectivity index (χ1n) is 5.99. The Morgan fingerprint density at radius 3 is 2.50 bits per heavy atom. The van der Waals surface area contributed by atoms with Gasteiger partial charge in [-0.15, -0.1) is 0 Å². The van der Waals surface area contributed by atoms with Crippen LogP contribution in [0.2, 0.25) is 0 Å². The highest BCUT2D eigenvalue weighted by Crippen LogP contribution is 2.16. The highest BCUT2D eigenvalue weighted by molar-refractivity contribution is 5.56. The van der Waals surface area contributed by atoms with E-state index in [1.807, 2.05) is 37.3 Å². The molecular formula is C15H17FN2. The van der Waals surface area contributed by atoms with Crippen molar-refractivity contribution in [3.8, 4) is 0 Å². The van der Waals surface area contributed by atoms with Crippen molar-refractivity contribution in [1.82, 2.24) is 0 Å². The first-order valence-corrected chi connectivity index (χ1v) is 5.99. The minimum Gasteiger partial charge on any atom is -0.399 e.